The number of aliphatic hydroxyl groups is 1. The zero-order chi connectivity index (χ0) is 36.4. The molecule has 11 heteroatoms. The molecule has 0 spiro atoms. The van der Waals surface area contributed by atoms with Gasteiger partial charge in [0.25, 0.3) is 0 Å². The third kappa shape index (κ3) is 9.48. The van der Waals surface area contributed by atoms with Gasteiger partial charge in [0.2, 0.25) is 10.0 Å². The minimum atomic E-state index is -3.95. The number of aliphatic hydroxyl groups excluding tert-OH is 1. The number of carbonyl (C=O) groups is 2. The summed E-state index contributed by atoms with van der Waals surface area (Å²) < 4.78 is 35.4. The molecule has 0 saturated carbocycles. The molecule has 268 valence electrons. The van der Waals surface area contributed by atoms with Gasteiger partial charge >= 0.3 is 6.09 Å². The van der Waals surface area contributed by atoms with Crippen molar-refractivity contribution in [2.75, 3.05) is 20.3 Å². The summed E-state index contributed by atoms with van der Waals surface area (Å²) in [6.45, 7) is 3.98. The standard InChI is InChI=1S/C40H45N3O6S2/c1-28(2)22-23-43(51(47,48)34-20-21-35-37(25-34)50-27-41-35)33(26-44)19-18-29-12-10-11-17-32(29)24-36(45)39(42-40(46)49-3)38(30-13-6-4-7-14-30)31-15-8-5-9-16-31/h4-17,20-21,25,27-28,33,38-39,44H,18-19,22-24,26H2,1-3H3,(H,42,46)/t33-,39+/m0/s1. The van der Waals surface area contributed by atoms with E-state index in [1.807, 2.05) is 98.8 Å². The second-order valence-electron chi connectivity index (χ2n) is 13.0. The zero-order valence-corrected chi connectivity index (χ0v) is 30.8. The predicted molar refractivity (Wildman–Crippen MR) is 201 cm³/mol. The molecule has 1 aromatic heterocycles. The molecule has 0 radical (unpaired) electrons. The highest BCUT2D eigenvalue weighted by Crippen LogP contribution is 2.31. The number of ketones is 1. The highest BCUT2D eigenvalue weighted by atomic mass is 32.2. The fourth-order valence-corrected chi connectivity index (χ4v) is 8.85. The number of amides is 1. The van der Waals surface area contributed by atoms with Gasteiger partial charge in [0.1, 0.15) is 6.04 Å². The number of fused-ring (bicyclic) bond motifs is 1. The average molecular weight is 728 g/mol. The molecule has 51 heavy (non-hydrogen) atoms. The molecule has 2 atom stereocenters. The first kappa shape index (κ1) is 37.8. The molecule has 0 fully saturated rings. The molecular weight excluding hydrogens is 683 g/mol. The quantitative estimate of drug-likeness (QED) is 0.106. The molecule has 0 saturated heterocycles. The van der Waals surface area contributed by atoms with Gasteiger partial charge in [-0.05, 0) is 65.6 Å². The lowest BCUT2D eigenvalue weighted by Crippen LogP contribution is -2.46. The molecule has 1 heterocycles. The fraction of sp³-hybridized carbons (Fsp3) is 0.325. The van der Waals surface area contributed by atoms with E-state index in [9.17, 15) is 23.1 Å². The Balaban J connectivity index is 1.41. The molecule has 9 nitrogen and oxygen atoms in total. The number of nitrogens with zero attached hydrogens (tertiary/aromatic N) is 2. The van der Waals surface area contributed by atoms with Crippen LogP contribution in [0.4, 0.5) is 4.79 Å². The average Bonchev–Trinajstić information content (AvgIpc) is 3.62. The van der Waals surface area contributed by atoms with Crippen molar-refractivity contribution < 1.29 is 27.9 Å². The number of carbonyl (C=O) groups excluding carboxylic acids is 2. The van der Waals surface area contributed by atoms with Crippen LogP contribution in [0, 0.1) is 5.92 Å². The van der Waals surface area contributed by atoms with Gasteiger partial charge in [-0.15, -0.1) is 11.3 Å². The highest BCUT2D eigenvalue weighted by Gasteiger charge is 2.34. The Kier molecular flexibility index (Phi) is 13.1. The van der Waals surface area contributed by atoms with E-state index < -0.39 is 34.1 Å². The number of ether oxygens (including phenoxy) is 1. The number of alkyl carbamates (subject to hydrolysis) is 1. The number of sulfonamides is 1. The van der Waals surface area contributed by atoms with Crippen LogP contribution in [-0.4, -0.2) is 67.0 Å². The van der Waals surface area contributed by atoms with E-state index in [2.05, 4.69) is 10.3 Å². The lowest BCUT2D eigenvalue weighted by Gasteiger charge is -2.31. The predicted octanol–water partition coefficient (Wildman–Crippen LogP) is 7.00. The number of Topliss-reactive ketones (excluding diaryl/α,β-unsaturated/α-hetero) is 1. The monoisotopic (exact) mass is 727 g/mol. The maximum absolute atomic E-state index is 14.3. The summed E-state index contributed by atoms with van der Waals surface area (Å²) in [6, 6.07) is 30.0. The van der Waals surface area contributed by atoms with Crippen LogP contribution >= 0.6 is 11.3 Å². The van der Waals surface area contributed by atoms with Gasteiger partial charge in [-0.1, -0.05) is 98.8 Å². The summed E-state index contributed by atoms with van der Waals surface area (Å²) in [6.07, 6.45) is 0.701. The first-order valence-electron chi connectivity index (χ1n) is 17.1. The number of aromatic nitrogens is 1. The lowest BCUT2D eigenvalue weighted by atomic mass is 9.81. The molecule has 0 bridgehead atoms. The third-order valence-electron chi connectivity index (χ3n) is 9.14. The van der Waals surface area contributed by atoms with Gasteiger partial charge in [0.05, 0.1) is 34.3 Å². The topological polar surface area (TPSA) is 126 Å². The van der Waals surface area contributed by atoms with Crippen LogP contribution in [0.3, 0.4) is 0 Å². The number of thiazole rings is 1. The Hall–Kier alpha value is -4.42. The molecular formula is C40H45N3O6S2. The second kappa shape index (κ2) is 17.7. The van der Waals surface area contributed by atoms with Gasteiger partial charge in [-0.3, -0.25) is 4.79 Å². The van der Waals surface area contributed by atoms with Crippen molar-refractivity contribution in [2.45, 2.75) is 62.4 Å². The molecule has 2 N–H and O–H groups in total. The maximum Gasteiger partial charge on any atom is 0.407 e. The third-order valence-corrected chi connectivity index (χ3v) is 11.9. The fourth-order valence-electron chi connectivity index (χ4n) is 6.37. The van der Waals surface area contributed by atoms with Crippen molar-refractivity contribution in [3.8, 4) is 0 Å². The number of rotatable bonds is 17. The summed E-state index contributed by atoms with van der Waals surface area (Å²) in [5.74, 6) is -0.433. The van der Waals surface area contributed by atoms with Gasteiger partial charge < -0.3 is 15.2 Å². The Labute approximate surface area is 304 Å². The molecule has 0 aliphatic carbocycles. The van der Waals surface area contributed by atoms with Crippen LogP contribution in [0.25, 0.3) is 10.2 Å². The number of nitrogens with one attached hydrogen (secondary N) is 1. The van der Waals surface area contributed by atoms with Crippen molar-refractivity contribution in [1.29, 1.82) is 0 Å². The molecule has 5 rings (SSSR count). The normalized spacial score (nSPS) is 13.1. The minimum absolute atomic E-state index is 0.0228. The van der Waals surface area contributed by atoms with Crippen molar-refractivity contribution in [2.24, 2.45) is 5.92 Å². The molecule has 0 aliphatic heterocycles. The van der Waals surface area contributed by atoms with Crippen LogP contribution in [0.5, 0.6) is 0 Å². The summed E-state index contributed by atoms with van der Waals surface area (Å²) in [5, 5.41) is 13.5. The van der Waals surface area contributed by atoms with Crippen LogP contribution in [0.2, 0.25) is 0 Å². The molecule has 4 aromatic carbocycles. The number of benzene rings is 4. The molecule has 5 aromatic rings. The Bertz CT molecular complexity index is 1960. The summed E-state index contributed by atoms with van der Waals surface area (Å²) in [5.41, 5.74) is 5.80. The Morgan fingerprint density at radius 1 is 0.882 bits per heavy atom. The zero-order valence-electron chi connectivity index (χ0n) is 29.1. The van der Waals surface area contributed by atoms with Crippen LogP contribution in [0.1, 0.15) is 54.9 Å². The minimum Gasteiger partial charge on any atom is -0.453 e. The van der Waals surface area contributed by atoms with Crippen LogP contribution < -0.4 is 5.32 Å². The highest BCUT2D eigenvalue weighted by molar-refractivity contribution is 7.89. The first-order chi connectivity index (χ1) is 24.6. The van der Waals surface area contributed by atoms with E-state index >= 15 is 0 Å². The first-order valence-corrected chi connectivity index (χ1v) is 19.4. The summed E-state index contributed by atoms with van der Waals surface area (Å²) >= 11 is 1.38. The van der Waals surface area contributed by atoms with Crippen LogP contribution in [-0.2, 0) is 32.4 Å². The Morgan fingerprint density at radius 2 is 1.51 bits per heavy atom. The largest absolute Gasteiger partial charge is 0.453 e. The van der Waals surface area contributed by atoms with Crippen molar-refractivity contribution in [3.05, 3.63) is 131 Å². The molecule has 0 unspecified atom stereocenters. The Morgan fingerprint density at radius 3 is 2.12 bits per heavy atom. The number of methoxy groups -OCH3 is 1. The number of hydrogen-bond donors (Lipinski definition) is 2. The van der Waals surface area contributed by atoms with Crippen molar-refractivity contribution in [1.82, 2.24) is 14.6 Å². The van der Waals surface area contributed by atoms with Gasteiger partial charge in [0, 0.05) is 24.9 Å². The van der Waals surface area contributed by atoms with Crippen molar-refractivity contribution >= 4 is 43.5 Å². The maximum atomic E-state index is 14.3. The van der Waals surface area contributed by atoms with E-state index in [0.717, 1.165) is 32.5 Å². The van der Waals surface area contributed by atoms with Crippen molar-refractivity contribution in [3.63, 3.8) is 0 Å². The molecule has 0 aliphatic rings. The smallest absolute Gasteiger partial charge is 0.407 e. The van der Waals surface area contributed by atoms with Crippen LogP contribution in [0.15, 0.2) is 114 Å². The van der Waals surface area contributed by atoms with Gasteiger partial charge in [0.15, 0.2) is 5.78 Å². The lowest BCUT2D eigenvalue weighted by molar-refractivity contribution is -0.120. The molecule has 1 amide bonds. The van der Waals surface area contributed by atoms with Gasteiger partial charge in [-0.2, -0.15) is 4.31 Å². The van der Waals surface area contributed by atoms with E-state index in [1.54, 1.807) is 23.7 Å². The van der Waals surface area contributed by atoms with E-state index in [1.165, 1.54) is 22.8 Å². The second-order valence-corrected chi connectivity index (χ2v) is 15.8. The van der Waals surface area contributed by atoms with E-state index in [-0.39, 0.29) is 36.2 Å². The number of hydrogen-bond acceptors (Lipinski definition) is 8. The number of aryl methyl sites for hydroxylation is 1. The SMILES string of the molecule is COC(=O)N[C@H](C(=O)Cc1ccccc1CC[C@@H](CO)N(CCC(C)C)S(=O)(=O)c1ccc2ncsc2c1)C(c1ccccc1)c1ccccc1. The summed E-state index contributed by atoms with van der Waals surface area (Å²) in [7, 11) is -2.68. The van der Waals surface area contributed by atoms with E-state index in [0.29, 0.717) is 19.3 Å². The van der Waals surface area contributed by atoms with Gasteiger partial charge in [-0.25, -0.2) is 18.2 Å². The summed E-state index contributed by atoms with van der Waals surface area (Å²) in [4.78, 5) is 31.4. The van der Waals surface area contributed by atoms with E-state index in [4.69, 9.17) is 4.74 Å².